The highest BCUT2D eigenvalue weighted by molar-refractivity contribution is 7.80. The molecule has 4 rings (SSSR count). The highest BCUT2D eigenvalue weighted by Gasteiger charge is 2.33. The summed E-state index contributed by atoms with van der Waals surface area (Å²) in [6, 6.07) is 15.9. The first-order chi connectivity index (χ1) is 10.8. The van der Waals surface area contributed by atoms with Gasteiger partial charge in [0.25, 0.3) is 0 Å². The van der Waals surface area contributed by atoms with Crippen molar-refractivity contribution < 1.29 is 0 Å². The third-order valence-corrected chi connectivity index (χ3v) is 6.09. The quantitative estimate of drug-likeness (QED) is 0.667. The molecule has 0 saturated heterocycles. The molecule has 0 heterocycles. The Hall–Kier alpha value is -1.47. The molecular weight excluding hydrogens is 284 g/mol. The molecule has 0 nitrogen and oxygen atoms in total. The van der Waals surface area contributed by atoms with Crippen LogP contribution in [0.25, 0.3) is 6.08 Å². The monoisotopic (exact) mass is 306 g/mol. The SMILES string of the molecule is CCC1CC(c2ccccc2)c2cc3c(cc2C1S)CC=C3. The van der Waals surface area contributed by atoms with Gasteiger partial charge in [0.05, 0.1) is 0 Å². The highest BCUT2D eigenvalue weighted by Crippen LogP contribution is 2.49. The normalized spacial score (nSPS) is 25.8. The van der Waals surface area contributed by atoms with Crippen molar-refractivity contribution in [2.45, 2.75) is 37.4 Å². The molecule has 2 aliphatic carbocycles. The molecule has 3 unspecified atom stereocenters. The fourth-order valence-electron chi connectivity index (χ4n) is 4.10. The second-order valence-electron chi connectivity index (χ2n) is 6.60. The van der Waals surface area contributed by atoms with Gasteiger partial charge in [-0.1, -0.05) is 68.0 Å². The van der Waals surface area contributed by atoms with Crippen LogP contribution in [0.4, 0.5) is 0 Å². The molecule has 2 aliphatic rings. The van der Waals surface area contributed by atoms with E-state index < -0.39 is 0 Å². The lowest BCUT2D eigenvalue weighted by atomic mass is 9.72. The first kappa shape index (κ1) is 14.1. The molecule has 0 fully saturated rings. The van der Waals surface area contributed by atoms with Crippen molar-refractivity contribution in [3.8, 4) is 0 Å². The Kier molecular flexibility index (Phi) is 3.62. The minimum absolute atomic E-state index is 0.380. The maximum Gasteiger partial charge on any atom is 0.0298 e. The van der Waals surface area contributed by atoms with Gasteiger partial charge in [-0.15, -0.1) is 0 Å². The summed E-state index contributed by atoms with van der Waals surface area (Å²) >= 11 is 4.99. The molecule has 3 atom stereocenters. The molecule has 112 valence electrons. The summed E-state index contributed by atoms with van der Waals surface area (Å²) in [5, 5.41) is 0.380. The summed E-state index contributed by atoms with van der Waals surface area (Å²) in [5.74, 6) is 1.18. The Labute approximate surface area is 138 Å². The van der Waals surface area contributed by atoms with E-state index in [1.165, 1.54) is 40.7 Å². The third kappa shape index (κ3) is 2.23. The van der Waals surface area contributed by atoms with Gasteiger partial charge in [-0.25, -0.2) is 0 Å². The summed E-state index contributed by atoms with van der Waals surface area (Å²) in [6.45, 7) is 2.30. The van der Waals surface area contributed by atoms with Crippen molar-refractivity contribution >= 4 is 18.7 Å². The van der Waals surface area contributed by atoms with E-state index in [0.717, 1.165) is 6.42 Å². The van der Waals surface area contributed by atoms with Crippen molar-refractivity contribution in [3.05, 3.63) is 76.4 Å². The molecule has 0 N–H and O–H groups in total. The highest BCUT2D eigenvalue weighted by atomic mass is 32.1. The van der Waals surface area contributed by atoms with Gasteiger partial charge >= 0.3 is 0 Å². The van der Waals surface area contributed by atoms with Crippen molar-refractivity contribution in [1.29, 1.82) is 0 Å². The number of rotatable bonds is 2. The van der Waals surface area contributed by atoms with Gasteiger partial charge in [0.1, 0.15) is 0 Å². The number of allylic oxidation sites excluding steroid dienone is 1. The van der Waals surface area contributed by atoms with Crippen LogP contribution in [0.2, 0.25) is 0 Å². The van der Waals surface area contributed by atoms with E-state index in [-0.39, 0.29) is 0 Å². The Bertz CT molecular complexity index is 714. The fraction of sp³-hybridized carbons (Fsp3) is 0.333. The summed E-state index contributed by atoms with van der Waals surface area (Å²) < 4.78 is 0. The molecule has 0 radical (unpaired) electrons. The van der Waals surface area contributed by atoms with Crippen molar-refractivity contribution in [3.63, 3.8) is 0 Å². The average molecular weight is 306 g/mol. The summed E-state index contributed by atoms with van der Waals surface area (Å²) in [7, 11) is 0. The largest absolute Gasteiger partial charge is 0.171 e. The van der Waals surface area contributed by atoms with E-state index in [2.05, 4.69) is 61.5 Å². The zero-order valence-electron chi connectivity index (χ0n) is 13.0. The van der Waals surface area contributed by atoms with Gasteiger partial charge in [0.15, 0.2) is 0 Å². The van der Waals surface area contributed by atoms with E-state index in [4.69, 9.17) is 12.6 Å². The molecule has 0 saturated carbocycles. The molecular formula is C21H22S. The van der Waals surface area contributed by atoms with Crippen LogP contribution in [0, 0.1) is 5.92 Å². The second kappa shape index (κ2) is 5.62. The molecule has 1 heteroatoms. The fourth-order valence-corrected chi connectivity index (χ4v) is 4.66. The summed E-state index contributed by atoms with van der Waals surface area (Å²) in [4.78, 5) is 0. The zero-order valence-corrected chi connectivity index (χ0v) is 13.9. The average Bonchev–Trinajstić information content (AvgIpc) is 3.02. The van der Waals surface area contributed by atoms with E-state index in [9.17, 15) is 0 Å². The number of thiol groups is 1. The minimum Gasteiger partial charge on any atom is -0.171 e. The first-order valence-electron chi connectivity index (χ1n) is 8.34. The third-order valence-electron chi connectivity index (χ3n) is 5.39. The van der Waals surface area contributed by atoms with E-state index in [1.807, 2.05) is 0 Å². The molecule has 0 spiro atoms. The molecule has 0 aromatic heterocycles. The number of hydrogen-bond acceptors (Lipinski definition) is 1. The van der Waals surface area contributed by atoms with Gasteiger partial charge in [-0.05, 0) is 46.6 Å². The predicted molar refractivity (Wildman–Crippen MR) is 97.6 cm³/mol. The molecule has 0 aliphatic heterocycles. The maximum atomic E-state index is 4.99. The summed E-state index contributed by atoms with van der Waals surface area (Å²) in [6.07, 6.45) is 8.04. The molecule has 2 aromatic rings. The lowest BCUT2D eigenvalue weighted by Crippen LogP contribution is -2.22. The summed E-state index contributed by atoms with van der Waals surface area (Å²) in [5.41, 5.74) is 7.31. The van der Waals surface area contributed by atoms with Crippen LogP contribution < -0.4 is 0 Å². The van der Waals surface area contributed by atoms with Crippen molar-refractivity contribution in [2.75, 3.05) is 0 Å². The van der Waals surface area contributed by atoms with Crippen LogP contribution in [0.1, 0.15) is 58.8 Å². The van der Waals surface area contributed by atoms with Crippen LogP contribution in [0.15, 0.2) is 48.5 Å². The Morgan fingerprint density at radius 1 is 1.09 bits per heavy atom. The number of benzene rings is 2. The molecule has 0 amide bonds. The van der Waals surface area contributed by atoms with E-state index in [0.29, 0.717) is 17.1 Å². The van der Waals surface area contributed by atoms with Crippen molar-refractivity contribution in [1.82, 2.24) is 0 Å². The smallest absolute Gasteiger partial charge is 0.0298 e. The predicted octanol–water partition coefficient (Wildman–Crippen LogP) is 5.79. The zero-order chi connectivity index (χ0) is 15.1. The number of fused-ring (bicyclic) bond motifs is 2. The topological polar surface area (TPSA) is 0 Å². The van der Waals surface area contributed by atoms with E-state index >= 15 is 0 Å². The van der Waals surface area contributed by atoms with Crippen LogP contribution >= 0.6 is 12.6 Å². The van der Waals surface area contributed by atoms with Gasteiger partial charge < -0.3 is 0 Å². The van der Waals surface area contributed by atoms with Gasteiger partial charge in [0.2, 0.25) is 0 Å². The van der Waals surface area contributed by atoms with Gasteiger partial charge in [-0.3, -0.25) is 0 Å². The molecule has 0 bridgehead atoms. The van der Waals surface area contributed by atoms with Crippen LogP contribution in [0.5, 0.6) is 0 Å². The van der Waals surface area contributed by atoms with Crippen LogP contribution in [-0.4, -0.2) is 0 Å². The molecule has 2 aromatic carbocycles. The lowest BCUT2D eigenvalue weighted by Gasteiger charge is -2.36. The number of hydrogen-bond donors (Lipinski definition) is 1. The van der Waals surface area contributed by atoms with Crippen LogP contribution in [-0.2, 0) is 6.42 Å². The second-order valence-corrected chi connectivity index (χ2v) is 7.15. The van der Waals surface area contributed by atoms with Crippen LogP contribution in [0.3, 0.4) is 0 Å². The minimum atomic E-state index is 0.380. The lowest BCUT2D eigenvalue weighted by molar-refractivity contribution is 0.410. The molecule has 22 heavy (non-hydrogen) atoms. The van der Waals surface area contributed by atoms with Gasteiger partial charge in [-0.2, -0.15) is 12.6 Å². The van der Waals surface area contributed by atoms with Crippen molar-refractivity contribution in [2.24, 2.45) is 5.92 Å². The Balaban J connectivity index is 1.87. The first-order valence-corrected chi connectivity index (χ1v) is 8.86. The van der Waals surface area contributed by atoms with E-state index in [1.54, 1.807) is 0 Å². The maximum absolute atomic E-state index is 4.99. The Morgan fingerprint density at radius 3 is 2.68 bits per heavy atom. The van der Waals surface area contributed by atoms with Gasteiger partial charge in [0, 0.05) is 11.2 Å². The standard InChI is InChI=1S/C21H22S/c1-2-14-11-18(15-7-4-3-5-8-15)19-12-16-9-6-10-17(16)13-20(19)21(14)22/h3-9,12-14,18,21-22H,2,10-11H2,1H3. The Morgan fingerprint density at radius 2 is 1.91 bits per heavy atom.